The predicted octanol–water partition coefficient (Wildman–Crippen LogP) is 3.62. The van der Waals surface area contributed by atoms with E-state index in [0.29, 0.717) is 45.7 Å². The molecule has 3 heterocycles. The lowest BCUT2D eigenvalue weighted by Crippen LogP contribution is -2.36. The number of carbonyl (C=O) groups excluding carboxylic acids is 1. The Hall–Kier alpha value is -2.86. The zero-order chi connectivity index (χ0) is 18.4. The summed E-state index contributed by atoms with van der Waals surface area (Å²) in [5, 5.41) is 20.8. The number of hydrogen-bond acceptors (Lipinski definition) is 6. The van der Waals surface area contributed by atoms with Crippen LogP contribution in [-0.2, 0) is 6.54 Å². The van der Waals surface area contributed by atoms with Gasteiger partial charge in [-0.25, -0.2) is 4.98 Å². The van der Waals surface area contributed by atoms with Crippen LogP contribution in [0.5, 0.6) is 11.5 Å². The molecule has 26 heavy (non-hydrogen) atoms. The summed E-state index contributed by atoms with van der Waals surface area (Å²) < 4.78 is 5.98. The van der Waals surface area contributed by atoms with Crippen LogP contribution in [-0.4, -0.2) is 39.0 Å². The van der Waals surface area contributed by atoms with Crippen molar-refractivity contribution >= 4 is 16.8 Å². The number of carbonyl (C=O) groups is 1. The minimum atomic E-state index is -0.151. The average molecular weight is 352 g/mol. The van der Waals surface area contributed by atoms with Crippen molar-refractivity contribution in [1.29, 1.82) is 0 Å². The highest BCUT2D eigenvalue weighted by Crippen LogP contribution is 2.39. The Morgan fingerprint density at radius 1 is 1.27 bits per heavy atom. The highest BCUT2D eigenvalue weighted by molar-refractivity contribution is 6.12. The fraction of sp³-hybridized carbons (Fsp3) is 0.300. The van der Waals surface area contributed by atoms with Crippen LogP contribution in [0.3, 0.4) is 0 Å². The Morgan fingerprint density at radius 3 is 2.65 bits per heavy atom. The first kappa shape index (κ1) is 16.6. The van der Waals surface area contributed by atoms with Gasteiger partial charge in [0, 0.05) is 17.5 Å². The van der Waals surface area contributed by atoms with E-state index in [4.69, 9.17) is 4.42 Å². The molecule has 0 aliphatic carbocycles. The minimum Gasteiger partial charge on any atom is -0.508 e. The molecule has 0 bridgehead atoms. The van der Waals surface area contributed by atoms with Gasteiger partial charge in [0.2, 0.25) is 0 Å². The van der Waals surface area contributed by atoms with Crippen molar-refractivity contribution in [3.63, 3.8) is 0 Å². The van der Waals surface area contributed by atoms with Crippen LogP contribution in [0.15, 0.2) is 28.8 Å². The number of aromatic hydroxyl groups is 2. The first-order chi connectivity index (χ1) is 12.5. The molecule has 0 unspecified atom stereocenters. The SMILES string of the molecule is CC(=O)c1c(-c2cc(C)c(O)cn2)oc2ccc(O)c(CN3CCC3)c12. The molecule has 6 nitrogen and oxygen atoms in total. The summed E-state index contributed by atoms with van der Waals surface area (Å²) in [7, 11) is 0. The number of ketones is 1. The quantitative estimate of drug-likeness (QED) is 0.698. The Labute approximate surface area is 150 Å². The number of phenols is 1. The maximum Gasteiger partial charge on any atom is 0.164 e. The van der Waals surface area contributed by atoms with E-state index in [9.17, 15) is 15.0 Å². The number of nitrogens with zero attached hydrogens (tertiary/aromatic N) is 2. The third kappa shape index (κ3) is 2.63. The third-order valence-corrected chi connectivity index (χ3v) is 4.94. The summed E-state index contributed by atoms with van der Waals surface area (Å²) in [5.41, 5.74) is 2.80. The molecule has 3 aromatic rings. The van der Waals surface area contributed by atoms with Crippen molar-refractivity contribution in [3.8, 4) is 23.0 Å². The molecule has 0 radical (unpaired) electrons. The fourth-order valence-corrected chi connectivity index (χ4v) is 3.36. The number of aryl methyl sites for hydroxylation is 1. The number of benzene rings is 1. The normalized spacial score (nSPS) is 14.5. The number of furan rings is 1. The van der Waals surface area contributed by atoms with E-state index in [1.807, 2.05) is 0 Å². The summed E-state index contributed by atoms with van der Waals surface area (Å²) in [5.74, 6) is 0.465. The van der Waals surface area contributed by atoms with Gasteiger partial charge >= 0.3 is 0 Å². The zero-order valence-corrected chi connectivity index (χ0v) is 14.7. The molecular weight excluding hydrogens is 332 g/mol. The molecule has 4 rings (SSSR count). The lowest BCUT2D eigenvalue weighted by Gasteiger charge is -2.31. The van der Waals surface area contributed by atoms with Crippen LogP contribution in [0.1, 0.15) is 34.8 Å². The second-order valence-electron chi connectivity index (χ2n) is 6.78. The summed E-state index contributed by atoms with van der Waals surface area (Å²) in [6.07, 6.45) is 2.49. The van der Waals surface area contributed by atoms with Gasteiger partial charge in [-0.2, -0.15) is 0 Å². The molecule has 1 aliphatic heterocycles. The molecule has 6 heteroatoms. The first-order valence-electron chi connectivity index (χ1n) is 8.62. The van der Waals surface area contributed by atoms with Gasteiger partial charge in [-0.05, 0) is 57.1 Å². The number of Topliss-reactive ketones (excluding diaryl/α,β-unsaturated/α-hetero) is 1. The second kappa shape index (κ2) is 6.14. The van der Waals surface area contributed by atoms with Crippen LogP contribution in [0, 0.1) is 6.92 Å². The highest BCUT2D eigenvalue weighted by Gasteiger charge is 2.26. The Balaban J connectivity index is 1.96. The van der Waals surface area contributed by atoms with Crippen LogP contribution < -0.4 is 0 Å². The van der Waals surface area contributed by atoms with Crippen molar-refractivity contribution in [1.82, 2.24) is 9.88 Å². The maximum atomic E-state index is 12.5. The molecule has 1 fully saturated rings. The maximum absolute atomic E-state index is 12.5. The summed E-state index contributed by atoms with van der Waals surface area (Å²) in [4.78, 5) is 18.9. The number of phenolic OH excluding ortho intramolecular Hbond substituents is 1. The number of hydrogen-bond donors (Lipinski definition) is 2. The van der Waals surface area contributed by atoms with Crippen molar-refractivity contribution in [3.05, 3.63) is 41.1 Å². The van der Waals surface area contributed by atoms with Crippen molar-refractivity contribution in [2.45, 2.75) is 26.8 Å². The molecule has 0 saturated carbocycles. The van der Waals surface area contributed by atoms with Crippen molar-refractivity contribution in [2.24, 2.45) is 0 Å². The summed E-state index contributed by atoms with van der Waals surface area (Å²) in [6.45, 7) is 5.78. The lowest BCUT2D eigenvalue weighted by molar-refractivity contribution is 0.101. The Bertz CT molecular complexity index is 1020. The van der Waals surface area contributed by atoms with Crippen molar-refractivity contribution in [2.75, 3.05) is 13.1 Å². The summed E-state index contributed by atoms with van der Waals surface area (Å²) >= 11 is 0. The first-order valence-corrected chi connectivity index (χ1v) is 8.62. The largest absolute Gasteiger partial charge is 0.508 e. The number of likely N-dealkylation sites (tertiary alicyclic amines) is 1. The molecule has 1 aromatic carbocycles. The van der Waals surface area contributed by atoms with Gasteiger partial charge < -0.3 is 14.6 Å². The number of pyridine rings is 1. The van der Waals surface area contributed by atoms with Gasteiger partial charge in [0.05, 0.1) is 11.8 Å². The highest BCUT2D eigenvalue weighted by atomic mass is 16.3. The monoisotopic (exact) mass is 352 g/mol. The van der Waals surface area contributed by atoms with E-state index in [-0.39, 0.29) is 17.3 Å². The predicted molar refractivity (Wildman–Crippen MR) is 97.4 cm³/mol. The van der Waals surface area contributed by atoms with Gasteiger partial charge in [0.25, 0.3) is 0 Å². The van der Waals surface area contributed by atoms with Crippen LogP contribution in [0.4, 0.5) is 0 Å². The molecule has 1 saturated heterocycles. The average Bonchev–Trinajstić information content (AvgIpc) is 2.94. The lowest BCUT2D eigenvalue weighted by atomic mass is 9.98. The van der Waals surface area contributed by atoms with Gasteiger partial charge in [0.15, 0.2) is 11.5 Å². The van der Waals surface area contributed by atoms with Crippen LogP contribution in [0.2, 0.25) is 0 Å². The van der Waals surface area contributed by atoms with E-state index < -0.39 is 0 Å². The van der Waals surface area contributed by atoms with E-state index >= 15 is 0 Å². The topological polar surface area (TPSA) is 86.8 Å². The van der Waals surface area contributed by atoms with Gasteiger partial charge in [-0.1, -0.05) is 0 Å². The minimum absolute atomic E-state index is 0.0883. The van der Waals surface area contributed by atoms with Gasteiger partial charge in [0.1, 0.15) is 22.8 Å². The molecule has 0 atom stereocenters. The molecular formula is C20H20N2O4. The number of rotatable bonds is 4. The van der Waals surface area contributed by atoms with E-state index in [0.717, 1.165) is 19.5 Å². The van der Waals surface area contributed by atoms with Gasteiger partial charge in [-0.15, -0.1) is 0 Å². The number of aromatic nitrogens is 1. The van der Waals surface area contributed by atoms with Gasteiger partial charge in [-0.3, -0.25) is 9.69 Å². The summed E-state index contributed by atoms with van der Waals surface area (Å²) in [6, 6.07) is 4.96. The van der Waals surface area contributed by atoms with E-state index in [1.165, 1.54) is 13.1 Å². The Morgan fingerprint density at radius 2 is 2.04 bits per heavy atom. The smallest absolute Gasteiger partial charge is 0.164 e. The van der Waals surface area contributed by atoms with Crippen molar-refractivity contribution < 1.29 is 19.4 Å². The molecule has 2 N–H and O–H groups in total. The van der Waals surface area contributed by atoms with E-state index in [1.54, 1.807) is 25.1 Å². The van der Waals surface area contributed by atoms with Crippen LogP contribution >= 0.6 is 0 Å². The molecule has 1 aliphatic rings. The standard InChI is InChI=1S/C20H20N2O4/c1-11-8-14(21-9-16(11)25)20-18(12(2)23)19-13(10-22-6-3-7-22)15(24)4-5-17(19)26-20/h4-5,8-9,24-25H,3,6-7,10H2,1-2H3. The molecule has 2 aromatic heterocycles. The molecule has 0 amide bonds. The number of fused-ring (bicyclic) bond motifs is 1. The third-order valence-electron chi connectivity index (χ3n) is 4.94. The molecule has 134 valence electrons. The molecule has 0 spiro atoms. The second-order valence-corrected chi connectivity index (χ2v) is 6.78. The fourth-order valence-electron chi connectivity index (χ4n) is 3.36. The van der Waals surface area contributed by atoms with Crippen LogP contribution in [0.25, 0.3) is 22.4 Å². The zero-order valence-electron chi connectivity index (χ0n) is 14.7. The van der Waals surface area contributed by atoms with E-state index in [2.05, 4.69) is 9.88 Å². The Kier molecular flexibility index (Phi) is 3.92.